The maximum atomic E-state index is 11.2. The van der Waals surface area contributed by atoms with Crippen LogP contribution in [0.15, 0.2) is 0 Å². The van der Waals surface area contributed by atoms with Gasteiger partial charge in [-0.1, -0.05) is 6.92 Å². The Morgan fingerprint density at radius 3 is 2.46 bits per heavy atom. The minimum atomic E-state index is -1.56. The molecule has 1 saturated carbocycles. The summed E-state index contributed by atoms with van der Waals surface area (Å²) in [5, 5.41) is 8.85. The molecule has 1 aliphatic carbocycles. The molecule has 2 fully saturated rings. The number of carbonyl (C=O) groups excluding carboxylic acids is 2. The minimum absolute atomic E-state index is 0.101. The molecule has 0 aromatic rings. The fourth-order valence-corrected chi connectivity index (χ4v) is 2.13. The van der Waals surface area contributed by atoms with E-state index < -0.39 is 28.7 Å². The fraction of sp³-hybridized carbons (Fsp3) is 0.625. The third-order valence-electron chi connectivity index (χ3n) is 3.15. The molecule has 1 N–H and O–H groups in total. The standard InChI is InChI=1S/C8H8O5/c1-2-7-3-8(7,4(9)10)6(12)13-5(7)11/h2-3H2,1H3,(H,9,10). The van der Waals surface area contributed by atoms with Gasteiger partial charge in [-0.3, -0.25) is 14.4 Å². The van der Waals surface area contributed by atoms with Gasteiger partial charge in [-0.05, 0) is 12.8 Å². The number of carboxylic acid groups (broad SMARTS) is 1. The molecule has 0 amide bonds. The molecule has 5 nitrogen and oxygen atoms in total. The Morgan fingerprint density at radius 2 is 2.15 bits per heavy atom. The van der Waals surface area contributed by atoms with Gasteiger partial charge in [0.05, 0.1) is 5.41 Å². The van der Waals surface area contributed by atoms with Crippen LogP contribution in [0.4, 0.5) is 0 Å². The summed E-state index contributed by atoms with van der Waals surface area (Å²) in [7, 11) is 0. The summed E-state index contributed by atoms with van der Waals surface area (Å²) in [6, 6.07) is 0. The van der Waals surface area contributed by atoms with Gasteiger partial charge in [-0.25, -0.2) is 0 Å². The van der Waals surface area contributed by atoms with Gasteiger partial charge in [-0.2, -0.15) is 0 Å². The number of cyclic esters (lactones) is 2. The van der Waals surface area contributed by atoms with Crippen LogP contribution in [-0.2, 0) is 19.1 Å². The van der Waals surface area contributed by atoms with E-state index in [2.05, 4.69) is 4.74 Å². The van der Waals surface area contributed by atoms with Crippen molar-refractivity contribution in [1.82, 2.24) is 0 Å². The summed E-state index contributed by atoms with van der Waals surface area (Å²) in [6.07, 6.45) is 0.438. The number of aliphatic carboxylic acids is 1. The van der Waals surface area contributed by atoms with E-state index in [9.17, 15) is 14.4 Å². The summed E-state index contributed by atoms with van der Waals surface area (Å²) in [4.78, 5) is 33.1. The molecule has 1 saturated heterocycles. The Labute approximate surface area is 73.7 Å². The molecule has 2 rings (SSSR count). The monoisotopic (exact) mass is 184 g/mol. The zero-order chi connectivity index (χ0) is 9.85. The lowest BCUT2D eigenvalue weighted by molar-refractivity contribution is -0.160. The van der Waals surface area contributed by atoms with Gasteiger partial charge in [0.15, 0.2) is 5.41 Å². The zero-order valence-corrected chi connectivity index (χ0v) is 6.99. The third-order valence-corrected chi connectivity index (χ3v) is 3.15. The number of carbonyl (C=O) groups is 3. The zero-order valence-electron chi connectivity index (χ0n) is 6.99. The van der Waals surface area contributed by atoms with E-state index in [-0.39, 0.29) is 6.42 Å². The normalized spacial score (nSPS) is 41.3. The molecule has 0 bridgehead atoms. The molecule has 0 aromatic heterocycles. The van der Waals surface area contributed by atoms with Crippen molar-refractivity contribution in [3.63, 3.8) is 0 Å². The molecule has 13 heavy (non-hydrogen) atoms. The first-order valence-corrected chi connectivity index (χ1v) is 4.01. The molecule has 1 heterocycles. The Morgan fingerprint density at radius 1 is 1.54 bits per heavy atom. The summed E-state index contributed by atoms with van der Waals surface area (Å²) in [5.74, 6) is -2.82. The van der Waals surface area contributed by atoms with Crippen LogP contribution < -0.4 is 0 Å². The molecule has 2 unspecified atom stereocenters. The Balaban J connectivity index is 2.49. The molecular formula is C8H8O5. The average Bonchev–Trinajstić information content (AvgIpc) is 2.70. The van der Waals surface area contributed by atoms with Crippen molar-refractivity contribution in [3.05, 3.63) is 0 Å². The van der Waals surface area contributed by atoms with Crippen LogP contribution in [0, 0.1) is 10.8 Å². The van der Waals surface area contributed by atoms with Crippen molar-refractivity contribution < 1.29 is 24.2 Å². The van der Waals surface area contributed by atoms with Gasteiger partial charge in [-0.15, -0.1) is 0 Å². The van der Waals surface area contributed by atoms with Crippen molar-refractivity contribution >= 4 is 17.9 Å². The van der Waals surface area contributed by atoms with Gasteiger partial charge >= 0.3 is 17.9 Å². The average molecular weight is 184 g/mol. The quantitative estimate of drug-likeness (QED) is 0.480. The largest absolute Gasteiger partial charge is 0.480 e. The fourth-order valence-electron chi connectivity index (χ4n) is 2.13. The Bertz CT molecular complexity index is 333. The van der Waals surface area contributed by atoms with Crippen LogP contribution in [-0.4, -0.2) is 23.0 Å². The van der Waals surface area contributed by atoms with Gasteiger partial charge in [0.2, 0.25) is 0 Å². The molecule has 2 atom stereocenters. The topological polar surface area (TPSA) is 80.7 Å². The summed E-state index contributed by atoms with van der Waals surface area (Å²) < 4.78 is 4.32. The molecule has 5 heteroatoms. The highest BCUT2D eigenvalue weighted by atomic mass is 16.6. The number of hydrogen-bond donors (Lipinski definition) is 1. The van der Waals surface area contributed by atoms with E-state index in [1.165, 1.54) is 0 Å². The van der Waals surface area contributed by atoms with Crippen LogP contribution in [0.5, 0.6) is 0 Å². The molecular weight excluding hydrogens is 176 g/mol. The van der Waals surface area contributed by atoms with E-state index in [4.69, 9.17) is 5.11 Å². The van der Waals surface area contributed by atoms with Gasteiger partial charge < -0.3 is 9.84 Å². The second kappa shape index (κ2) is 1.92. The van der Waals surface area contributed by atoms with Crippen molar-refractivity contribution in [2.24, 2.45) is 10.8 Å². The Kier molecular flexibility index (Phi) is 1.21. The smallest absolute Gasteiger partial charge is 0.332 e. The Hall–Kier alpha value is -1.39. The van der Waals surface area contributed by atoms with Crippen molar-refractivity contribution in [1.29, 1.82) is 0 Å². The first-order chi connectivity index (χ1) is 6.01. The molecule has 2 aliphatic rings. The number of esters is 2. The van der Waals surface area contributed by atoms with Crippen LogP contribution in [0.1, 0.15) is 19.8 Å². The van der Waals surface area contributed by atoms with Crippen molar-refractivity contribution in [2.45, 2.75) is 19.8 Å². The van der Waals surface area contributed by atoms with Crippen LogP contribution in [0.3, 0.4) is 0 Å². The first kappa shape index (κ1) is 8.22. The predicted octanol–water partition coefficient (Wildman–Crippen LogP) is -0.0591. The summed E-state index contributed by atoms with van der Waals surface area (Å²) in [6.45, 7) is 1.69. The van der Waals surface area contributed by atoms with E-state index in [0.717, 1.165) is 0 Å². The van der Waals surface area contributed by atoms with Crippen LogP contribution in [0.2, 0.25) is 0 Å². The van der Waals surface area contributed by atoms with Gasteiger partial charge in [0.1, 0.15) is 0 Å². The lowest BCUT2D eigenvalue weighted by atomic mass is 9.93. The SMILES string of the molecule is CCC12CC1(C(=O)O)C(=O)OC2=O. The van der Waals surface area contributed by atoms with E-state index in [0.29, 0.717) is 6.42 Å². The molecule has 0 spiro atoms. The summed E-state index contributed by atoms with van der Waals surface area (Å²) in [5.41, 5.74) is -2.62. The lowest BCUT2D eigenvalue weighted by Crippen LogP contribution is -2.26. The number of fused-ring (bicyclic) bond motifs is 1. The van der Waals surface area contributed by atoms with E-state index >= 15 is 0 Å². The van der Waals surface area contributed by atoms with Gasteiger partial charge in [0.25, 0.3) is 0 Å². The first-order valence-electron chi connectivity index (χ1n) is 4.01. The number of rotatable bonds is 2. The number of carboxylic acids is 1. The number of hydrogen-bond acceptors (Lipinski definition) is 4. The second-order valence-electron chi connectivity index (χ2n) is 3.50. The maximum absolute atomic E-state index is 11.2. The van der Waals surface area contributed by atoms with Crippen molar-refractivity contribution in [3.8, 4) is 0 Å². The molecule has 0 aromatic carbocycles. The van der Waals surface area contributed by atoms with E-state index in [1.54, 1.807) is 6.92 Å². The maximum Gasteiger partial charge on any atom is 0.332 e. The number of ether oxygens (including phenoxy) is 1. The lowest BCUT2D eigenvalue weighted by Gasteiger charge is -2.03. The summed E-state index contributed by atoms with van der Waals surface area (Å²) >= 11 is 0. The van der Waals surface area contributed by atoms with Gasteiger partial charge in [0, 0.05) is 0 Å². The second-order valence-corrected chi connectivity index (χ2v) is 3.50. The third kappa shape index (κ3) is 0.587. The molecule has 70 valence electrons. The highest BCUT2D eigenvalue weighted by molar-refractivity contribution is 6.18. The van der Waals surface area contributed by atoms with Crippen molar-refractivity contribution in [2.75, 3.05) is 0 Å². The minimum Gasteiger partial charge on any atom is -0.480 e. The van der Waals surface area contributed by atoms with Crippen LogP contribution in [0.25, 0.3) is 0 Å². The molecule has 1 aliphatic heterocycles. The predicted molar refractivity (Wildman–Crippen MR) is 38.5 cm³/mol. The van der Waals surface area contributed by atoms with E-state index in [1.807, 2.05) is 0 Å². The molecule has 0 radical (unpaired) electrons. The van der Waals surface area contributed by atoms with Crippen LogP contribution >= 0.6 is 0 Å². The highest BCUT2D eigenvalue weighted by Crippen LogP contribution is 2.70. The highest BCUT2D eigenvalue weighted by Gasteiger charge is 2.86.